The van der Waals surface area contributed by atoms with Crippen LogP contribution in [0.2, 0.25) is 0 Å². The second-order valence-electron chi connectivity index (χ2n) is 4.42. The molecule has 0 unspecified atom stereocenters. The van der Waals surface area contributed by atoms with Crippen molar-refractivity contribution in [2.75, 3.05) is 0 Å². The molecule has 0 spiro atoms. The second kappa shape index (κ2) is 5.63. The van der Waals surface area contributed by atoms with Crippen molar-refractivity contribution in [3.05, 3.63) is 70.8 Å². The molecule has 1 nitrogen and oxygen atoms in total. The average Bonchev–Trinajstić information content (AvgIpc) is 2.42. The lowest BCUT2D eigenvalue weighted by molar-refractivity contribution is -0.137. The highest BCUT2D eigenvalue weighted by atomic mass is 19.4. The second-order valence-corrected chi connectivity index (χ2v) is 4.42. The monoisotopic (exact) mass is 300 g/mol. The molecule has 0 aliphatic rings. The molecule has 2 aromatic carbocycles. The van der Waals surface area contributed by atoms with Gasteiger partial charge in [0, 0.05) is 12.0 Å². The summed E-state index contributed by atoms with van der Waals surface area (Å²) in [5.41, 5.74) is -0.529. The van der Waals surface area contributed by atoms with E-state index in [-0.39, 0.29) is 17.5 Å². The van der Waals surface area contributed by atoms with E-state index in [1.165, 1.54) is 6.07 Å². The molecule has 0 aliphatic carbocycles. The van der Waals surface area contributed by atoms with Crippen LogP contribution >= 0.6 is 0 Å². The Hall–Kier alpha value is -2.24. The molecule has 0 aliphatic heterocycles. The van der Waals surface area contributed by atoms with Crippen LogP contribution < -0.4 is 0 Å². The fourth-order valence-corrected chi connectivity index (χ4v) is 1.78. The number of halogens is 5. The molecule has 0 amide bonds. The minimum Gasteiger partial charge on any atom is -0.294 e. The van der Waals surface area contributed by atoms with Crippen LogP contribution in [0.5, 0.6) is 0 Å². The van der Waals surface area contributed by atoms with Gasteiger partial charge in [0.25, 0.3) is 0 Å². The lowest BCUT2D eigenvalue weighted by Gasteiger charge is -2.07. The summed E-state index contributed by atoms with van der Waals surface area (Å²) in [6, 6.07) is 6.76. The number of hydrogen-bond acceptors (Lipinski definition) is 1. The van der Waals surface area contributed by atoms with E-state index in [0.29, 0.717) is 0 Å². The molecule has 0 N–H and O–H groups in total. The first-order valence-electron chi connectivity index (χ1n) is 5.92. The van der Waals surface area contributed by atoms with Gasteiger partial charge in [-0.15, -0.1) is 0 Å². The summed E-state index contributed by atoms with van der Waals surface area (Å²) in [5, 5.41) is 0. The van der Waals surface area contributed by atoms with Gasteiger partial charge in [0.15, 0.2) is 17.4 Å². The topological polar surface area (TPSA) is 17.1 Å². The van der Waals surface area contributed by atoms with Crippen LogP contribution in [0.3, 0.4) is 0 Å². The zero-order valence-corrected chi connectivity index (χ0v) is 10.5. The highest BCUT2D eigenvalue weighted by molar-refractivity contribution is 5.97. The van der Waals surface area contributed by atoms with Crippen molar-refractivity contribution < 1.29 is 26.7 Å². The van der Waals surface area contributed by atoms with Gasteiger partial charge in [-0.2, -0.15) is 13.2 Å². The minimum atomic E-state index is -4.47. The first-order valence-corrected chi connectivity index (χ1v) is 5.92. The molecule has 110 valence electrons. The van der Waals surface area contributed by atoms with E-state index in [4.69, 9.17) is 0 Å². The van der Waals surface area contributed by atoms with Gasteiger partial charge >= 0.3 is 6.18 Å². The summed E-state index contributed by atoms with van der Waals surface area (Å²) < 4.78 is 62.9. The molecule has 0 atom stereocenters. The predicted molar refractivity (Wildman–Crippen MR) is 65.8 cm³/mol. The van der Waals surface area contributed by atoms with Gasteiger partial charge in [0.05, 0.1) is 5.56 Å². The quantitative estimate of drug-likeness (QED) is 0.606. The molecular weight excluding hydrogens is 291 g/mol. The maximum Gasteiger partial charge on any atom is 0.416 e. The predicted octanol–water partition coefficient (Wildman–Crippen LogP) is 4.41. The third-order valence-electron chi connectivity index (χ3n) is 2.88. The molecule has 2 rings (SSSR count). The zero-order chi connectivity index (χ0) is 15.6. The highest BCUT2D eigenvalue weighted by Gasteiger charge is 2.30. The standard InChI is InChI=1S/C15H9F5O/c16-12-6-1-9(7-13(12)17)8-14(21)10-2-4-11(5-3-10)15(18,19)20/h1-7H,8H2. The minimum absolute atomic E-state index is 0.0766. The van der Waals surface area contributed by atoms with Crippen molar-refractivity contribution in [2.24, 2.45) is 0 Å². The van der Waals surface area contributed by atoms with Gasteiger partial charge < -0.3 is 0 Å². The average molecular weight is 300 g/mol. The van der Waals surface area contributed by atoms with E-state index < -0.39 is 29.2 Å². The largest absolute Gasteiger partial charge is 0.416 e. The molecule has 6 heteroatoms. The first-order chi connectivity index (χ1) is 9.77. The van der Waals surface area contributed by atoms with Gasteiger partial charge in [-0.3, -0.25) is 4.79 Å². The van der Waals surface area contributed by atoms with Crippen molar-refractivity contribution in [3.63, 3.8) is 0 Å². The Morgan fingerprint density at radius 2 is 1.52 bits per heavy atom. The Morgan fingerprint density at radius 3 is 2.05 bits per heavy atom. The number of benzene rings is 2. The van der Waals surface area contributed by atoms with E-state index >= 15 is 0 Å². The molecule has 0 fully saturated rings. The Morgan fingerprint density at radius 1 is 0.905 bits per heavy atom. The van der Waals surface area contributed by atoms with Crippen molar-refractivity contribution in [1.82, 2.24) is 0 Å². The summed E-state index contributed by atoms with van der Waals surface area (Å²) in [6.07, 6.45) is -4.69. The smallest absolute Gasteiger partial charge is 0.294 e. The highest BCUT2D eigenvalue weighted by Crippen LogP contribution is 2.29. The number of Topliss-reactive ketones (excluding diaryl/α,β-unsaturated/α-hetero) is 1. The zero-order valence-electron chi connectivity index (χ0n) is 10.5. The Kier molecular flexibility index (Phi) is 4.06. The summed E-state index contributed by atoms with van der Waals surface area (Å²) >= 11 is 0. The molecule has 0 saturated heterocycles. The van der Waals surface area contributed by atoms with E-state index in [2.05, 4.69) is 0 Å². The third-order valence-corrected chi connectivity index (χ3v) is 2.88. The maximum absolute atomic E-state index is 13.0. The SMILES string of the molecule is O=C(Cc1ccc(F)c(F)c1)c1ccc(C(F)(F)F)cc1. The van der Waals surface area contributed by atoms with Crippen molar-refractivity contribution in [1.29, 1.82) is 0 Å². The molecule has 0 bridgehead atoms. The lowest BCUT2D eigenvalue weighted by atomic mass is 10.0. The van der Waals surface area contributed by atoms with Crippen LogP contribution in [-0.4, -0.2) is 5.78 Å². The number of hydrogen-bond donors (Lipinski definition) is 0. The number of alkyl halides is 3. The van der Waals surface area contributed by atoms with Gasteiger partial charge in [-0.25, -0.2) is 8.78 Å². The number of ketones is 1. The van der Waals surface area contributed by atoms with Crippen LogP contribution in [0.4, 0.5) is 22.0 Å². The van der Waals surface area contributed by atoms with Crippen LogP contribution in [-0.2, 0) is 12.6 Å². The van der Waals surface area contributed by atoms with Gasteiger partial charge in [-0.1, -0.05) is 18.2 Å². The summed E-state index contributed by atoms with van der Waals surface area (Å²) in [5.74, 6) is -2.58. The Balaban J connectivity index is 2.15. The van der Waals surface area contributed by atoms with E-state index in [1.54, 1.807) is 0 Å². The molecule has 0 heterocycles. The molecule has 0 radical (unpaired) electrons. The molecule has 2 aromatic rings. The van der Waals surface area contributed by atoms with Gasteiger partial charge in [-0.05, 0) is 29.8 Å². The van der Waals surface area contributed by atoms with Crippen molar-refractivity contribution in [2.45, 2.75) is 12.6 Å². The van der Waals surface area contributed by atoms with Crippen molar-refractivity contribution >= 4 is 5.78 Å². The number of carbonyl (C=O) groups is 1. The Labute approximate surface area is 117 Å². The van der Waals surface area contributed by atoms with Crippen LogP contribution in [0.1, 0.15) is 21.5 Å². The summed E-state index contributed by atoms with van der Waals surface area (Å²) in [4.78, 5) is 11.9. The summed E-state index contributed by atoms with van der Waals surface area (Å²) in [7, 11) is 0. The fourth-order valence-electron chi connectivity index (χ4n) is 1.78. The number of rotatable bonds is 3. The number of carbonyl (C=O) groups excluding carboxylic acids is 1. The summed E-state index contributed by atoms with van der Waals surface area (Å²) in [6.45, 7) is 0. The Bertz CT molecular complexity index is 659. The van der Waals surface area contributed by atoms with Gasteiger partial charge in [0.2, 0.25) is 0 Å². The van der Waals surface area contributed by atoms with Crippen molar-refractivity contribution in [3.8, 4) is 0 Å². The molecule has 0 saturated carbocycles. The van der Waals surface area contributed by atoms with Gasteiger partial charge in [0.1, 0.15) is 0 Å². The van der Waals surface area contributed by atoms with Crippen LogP contribution in [0, 0.1) is 11.6 Å². The molecule has 0 aromatic heterocycles. The third kappa shape index (κ3) is 3.65. The maximum atomic E-state index is 13.0. The fraction of sp³-hybridized carbons (Fsp3) is 0.133. The van der Waals surface area contributed by atoms with E-state index in [0.717, 1.165) is 36.4 Å². The normalized spacial score (nSPS) is 11.5. The van der Waals surface area contributed by atoms with Crippen LogP contribution in [0.15, 0.2) is 42.5 Å². The van der Waals surface area contributed by atoms with E-state index in [1.807, 2.05) is 0 Å². The van der Waals surface area contributed by atoms with Crippen LogP contribution in [0.25, 0.3) is 0 Å². The lowest BCUT2D eigenvalue weighted by Crippen LogP contribution is -2.07. The first kappa shape index (κ1) is 15.2. The molecule has 21 heavy (non-hydrogen) atoms. The van der Waals surface area contributed by atoms with E-state index in [9.17, 15) is 26.7 Å². The molecular formula is C15H9F5O.